The van der Waals surface area contributed by atoms with Crippen molar-refractivity contribution in [2.75, 3.05) is 0 Å². The fourth-order valence-corrected chi connectivity index (χ4v) is 3.10. The summed E-state index contributed by atoms with van der Waals surface area (Å²) in [6.45, 7) is 3.73. The second-order valence-corrected chi connectivity index (χ2v) is 6.71. The summed E-state index contributed by atoms with van der Waals surface area (Å²) in [6.07, 6.45) is 1.71. The average molecular weight is 397 g/mol. The van der Waals surface area contributed by atoms with Crippen LogP contribution in [0.3, 0.4) is 0 Å². The Bertz CT molecular complexity index is 1070. The molecule has 1 heterocycles. The Morgan fingerprint density at radius 1 is 0.964 bits per heavy atom. The van der Waals surface area contributed by atoms with Crippen LogP contribution in [0, 0.1) is 13.8 Å². The lowest BCUT2D eigenvalue weighted by Gasteiger charge is -2.12. The summed E-state index contributed by atoms with van der Waals surface area (Å²) in [5, 5.41) is 19.2. The van der Waals surface area contributed by atoms with Crippen LogP contribution in [0.15, 0.2) is 53.5 Å². The van der Waals surface area contributed by atoms with Crippen LogP contribution < -0.4 is 0 Å². The molecule has 2 N–H and O–H groups in total. The van der Waals surface area contributed by atoms with Crippen LogP contribution in [0.2, 0.25) is 5.02 Å². The molecule has 2 aromatic carbocycles. The van der Waals surface area contributed by atoms with Crippen molar-refractivity contribution >= 4 is 35.4 Å². The van der Waals surface area contributed by atoms with Crippen molar-refractivity contribution < 1.29 is 19.8 Å². The highest BCUT2D eigenvalue weighted by Crippen LogP contribution is 2.23. The van der Waals surface area contributed by atoms with Gasteiger partial charge < -0.3 is 14.8 Å². The van der Waals surface area contributed by atoms with E-state index in [1.54, 1.807) is 30.5 Å². The van der Waals surface area contributed by atoms with Gasteiger partial charge >= 0.3 is 11.9 Å². The van der Waals surface area contributed by atoms with Crippen LogP contribution in [-0.2, 0) is 0 Å². The van der Waals surface area contributed by atoms with Crippen LogP contribution in [0.5, 0.6) is 0 Å². The van der Waals surface area contributed by atoms with Crippen molar-refractivity contribution in [1.82, 2.24) is 4.57 Å². The van der Waals surface area contributed by atoms with E-state index in [0.29, 0.717) is 10.7 Å². The van der Waals surface area contributed by atoms with Gasteiger partial charge in [0.05, 0.1) is 16.8 Å². The van der Waals surface area contributed by atoms with E-state index in [0.717, 1.165) is 28.7 Å². The summed E-state index contributed by atoms with van der Waals surface area (Å²) < 4.78 is 1.81. The van der Waals surface area contributed by atoms with Gasteiger partial charge in [0.2, 0.25) is 0 Å². The van der Waals surface area contributed by atoms with Gasteiger partial charge in [-0.1, -0.05) is 11.6 Å². The van der Waals surface area contributed by atoms with Crippen molar-refractivity contribution in [2.24, 2.45) is 4.99 Å². The standard InChI is InChI=1S/C21H17ClN2O4/c1-12-7-16(11-23-18-5-3-17(22)4-6-18)13(2)24(12)19-9-14(20(25)26)8-15(10-19)21(27)28/h3-11H,1-2H3,(H,25,26)(H,27,28). The van der Waals surface area contributed by atoms with E-state index in [1.165, 1.54) is 12.1 Å². The van der Waals surface area contributed by atoms with Gasteiger partial charge in [-0.2, -0.15) is 0 Å². The zero-order valence-electron chi connectivity index (χ0n) is 15.2. The first kappa shape index (κ1) is 19.4. The first-order valence-electron chi connectivity index (χ1n) is 8.37. The van der Waals surface area contributed by atoms with E-state index in [1.807, 2.05) is 24.5 Å². The molecule has 3 rings (SSSR count). The zero-order chi connectivity index (χ0) is 20.4. The molecule has 0 spiro atoms. The Morgan fingerprint density at radius 3 is 2.07 bits per heavy atom. The maximum absolute atomic E-state index is 11.4. The average Bonchev–Trinajstić information content (AvgIpc) is 2.94. The van der Waals surface area contributed by atoms with Crippen molar-refractivity contribution in [2.45, 2.75) is 13.8 Å². The quantitative estimate of drug-likeness (QED) is 0.600. The highest BCUT2D eigenvalue weighted by atomic mass is 35.5. The predicted octanol–water partition coefficient (Wildman–Crippen LogP) is 4.89. The number of carboxylic acid groups (broad SMARTS) is 2. The number of aryl methyl sites for hydroxylation is 1. The number of hydrogen-bond acceptors (Lipinski definition) is 3. The molecule has 0 radical (unpaired) electrons. The fraction of sp³-hybridized carbons (Fsp3) is 0.0952. The van der Waals surface area contributed by atoms with Crippen molar-refractivity contribution in [1.29, 1.82) is 0 Å². The van der Waals surface area contributed by atoms with E-state index >= 15 is 0 Å². The molecule has 0 aliphatic heterocycles. The number of halogens is 1. The molecule has 0 bridgehead atoms. The summed E-state index contributed by atoms with van der Waals surface area (Å²) in [5.74, 6) is -2.37. The first-order valence-corrected chi connectivity index (χ1v) is 8.74. The number of aliphatic imine (C=N–C) groups is 1. The maximum atomic E-state index is 11.4. The van der Waals surface area contributed by atoms with Gasteiger partial charge in [0, 0.05) is 33.9 Å². The van der Waals surface area contributed by atoms with Crippen LogP contribution >= 0.6 is 11.6 Å². The molecule has 0 saturated heterocycles. The monoisotopic (exact) mass is 396 g/mol. The van der Waals surface area contributed by atoms with Gasteiger partial charge in [-0.3, -0.25) is 4.99 Å². The largest absolute Gasteiger partial charge is 0.478 e. The van der Waals surface area contributed by atoms with E-state index in [-0.39, 0.29) is 11.1 Å². The Balaban J connectivity index is 2.06. The summed E-state index contributed by atoms with van der Waals surface area (Å²) in [5.41, 5.74) is 3.53. The molecule has 0 amide bonds. The number of carboxylic acids is 2. The number of rotatable bonds is 5. The summed E-state index contributed by atoms with van der Waals surface area (Å²) >= 11 is 5.88. The second-order valence-electron chi connectivity index (χ2n) is 6.28. The number of carbonyl (C=O) groups is 2. The molecule has 0 aliphatic carbocycles. The Kier molecular flexibility index (Phi) is 5.33. The van der Waals surface area contributed by atoms with Crippen molar-refractivity contribution in [3.05, 3.63) is 81.6 Å². The minimum atomic E-state index is -1.18. The summed E-state index contributed by atoms with van der Waals surface area (Å²) in [4.78, 5) is 27.2. The molecule has 0 atom stereocenters. The van der Waals surface area contributed by atoms with Gasteiger partial charge in [-0.25, -0.2) is 9.59 Å². The highest BCUT2D eigenvalue weighted by molar-refractivity contribution is 6.30. The molecule has 6 nitrogen and oxygen atoms in total. The molecular formula is C21H17ClN2O4. The second kappa shape index (κ2) is 7.70. The number of benzene rings is 2. The van der Waals surface area contributed by atoms with E-state index in [4.69, 9.17) is 11.6 Å². The topological polar surface area (TPSA) is 91.9 Å². The van der Waals surface area contributed by atoms with Gasteiger partial charge in [0.25, 0.3) is 0 Å². The molecule has 3 aromatic rings. The number of aromatic carboxylic acids is 2. The molecule has 0 aliphatic rings. The maximum Gasteiger partial charge on any atom is 0.335 e. The van der Waals surface area contributed by atoms with E-state index in [9.17, 15) is 19.8 Å². The summed E-state index contributed by atoms with van der Waals surface area (Å²) in [7, 11) is 0. The van der Waals surface area contributed by atoms with Crippen LogP contribution in [0.1, 0.15) is 37.7 Å². The van der Waals surface area contributed by atoms with Crippen LogP contribution in [-0.4, -0.2) is 32.9 Å². The van der Waals surface area contributed by atoms with Gasteiger partial charge in [-0.05, 0) is 62.4 Å². The first-order chi connectivity index (χ1) is 13.3. The van der Waals surface area contributed by atoms with E-state index < -0.39 is 11.9 Å². The Hall–Kier alpha value is -3.38. The zero-order valence-corrected chi connectivity index (χ0v) is 15.9. The minimum Gasteiger partial charge on any atom is -0.478 e. The third-order valence-electron chi connectivity index (χ3n) is 4.32. The molecule has 0 saturated carbocycles. The van der Waals surface area contributed by atoms with Gasteiger partial charge in [0.1, 0.15) is 0 Å². The normalized spacial score (nSPS) is 11.1. The lowest BCUT2D eigenvalue weighted by Crippen LogP contribution is -2.07. The Morgan fingerprint density at radius 2 is 1.54 bits per heavy atom. The van der Waals surface area contributed by atoms with Crippen molar-refractivity contribution in [3.63, 3.8) is 0 Å². The molecule has 1 aromatic heterocycles. The predicted molar refractivity (Wildman–Crippen MR) is 108 cm³/mol. The number of hydrogen-bond donors (Lipinski definition) is 2. The van der Waals surface area contributed by atoms with Crippen LogP contribution in [0.4, 0.5) is 5.69 Å². The molecule has 7 heteroatoms. The van der Waals surface area contributed by atoms with E-state index in [2.05, 4.69) is 4.99 Å². The molecule has 28 heavy (non-hydrogen) atoms. The third kappa shape index (κ3) is 3.97. The number of nitrogens with zero attached hydrogens (tertiary/aromatic N) is 2. The lowest BCUT2D eigenvalue weighted by molar-refractivity contribution is 0.0696. The van der Waals surface area contributed by atoms with Crippen molar-refractivity contribution in [3.8, 4) is 5.69 Å². The highest BCUT2D eigenvalue weighted by Gasteiger charge is 2.15. The SMILES string of the molecule is Cc1cc(C=Nc2ccc(Cl)cc2)c(C)n1-c1cc(C(=O)O)cc(C(=O)O)c1. The minimum absolute atomic E-state index is 0.0845. The van der Waals surface area contributed by atoms with Gasteiger partial charge in [-0.15, -0.1) is 0 Å². The molecular weight excluding hydrogens is 380 g/mol. The third-order valence-corrected chi connectivity index (χ3v) is 4.57. The summed E-state index contributed by atoms with van der Waals surface area (Å²) in [6, 6.07) is 13.1. The lowest BCUT2D eigenvalue weighted by atomic mass is 10.1. The number of aromatic nitrogens is 1. The molecule has 0 fully saturated rings. The Labute approximate surface area is 166 Å². The molecule has 0 unspecified atom stereocenters. The van der Waals surface area contributed by atoms with Crippen LogP contribution in [0.25, 0.3) is 5.69 Å². The fourth-order valence-electron chi connectivity index (χ4n) is 2.97. The molecule has 142 valence electrons. The smallest absolute Gasteiger partial charge is 0.335 e. The van der Waals surface area contributed by atoms with Gasteiger partial charge in [0.15, 0.2) is 0 Å².